The summed E-state index contributed by atoms with van der Waals surface area (Å²) >= 11 is 0. The second kappa shape index (κ2) is 8.36. The second-order valence-corrected chi connectivity index (χ2v) is 8.31. The lowest BCUT2D eigenvalue weighted by Gasteiger charge is -2.30. The molecule has 1 N–H and O–H groups in total. The number of nitrogens with one attached hydrogen (secondary N) is 1. The fourth-order valence-corrected chi connectivity index (χ4v) is 4.07. The van der Waals surface area contributed by atoms with Crippen molar-refractivity contribution in [2.24, 2.45) is 0 Å². The third kappa shape index (κ3) is 4.85. The van der Waals surface area contributed by atoms with Crippen molar-refractivity contribution in [3.05, 3.63) is 65.7 Å². The number of sulfonamides is 1. The van der Waals surface area contributed by atoms with Gasteiger partial charge in [-0.3, -0.25) is 9.10 Å². The van der Waals surface area contributed by atoms with Crippen molar-refractivity contribution in [1.29, 1.82) is 0 Å². The largest absolute Gasteiger partial charge is 0.347 e. The summed E-state index contributed by atoms with van der Waals surface area (Å²) in [7, 11) is -3.61. The molecule has 2 aromatic rings. The molecule has 0 aliphatic rings. The highest BCUT2D eigenvalue weighted by molar-refractivity contribution is 7.92. The number of carbonyl (C=O) groups excluding carboxylic acids is 1. The highest BCUT2D eigenvalue weighted by atomic mass is 32.2. The third-order valence-corrected chi connectivity index (χ3v) is 5.55. The number of amides is 1. The van der Waals surface area contributed by atoms with Gasteiger partial charge in [0.25, 0.3) is 0 Å². The molecule has 0 aromatic heterocycles. The topological polar surface area (TPSA) is 66.5 Å². The van der Waals surface area contributed by atoms with Crippen LogP contribution in [0.25, 0.3) is 0 Å². The van der Waals surface area contributed by atoms with E-state index in [1.807, 2.05) is 56.3 Å². The molecule has 0 saturated heterocycles. The van der Waals surface area contributed by atoms with E-state index in [2.05, 4.69) is 5.32 Å². The van der Waals surface area contributed by atoms with Crippen molar-refractivity contribution in [1.82, 2.24) is 5.32 Å². The molecule has 140 valence electrons. The molecule has 6 heteroatoms. The standard InChI is InChI=1S/C20H26N2O3S/c1-5-19(17-9-7-6-8-10-17)21-20(23)16(3)22(26(4,24)25)18-13-11-15(2)12-14-18/h6-14,16,19H,5H2,1-4H3,(H,21,23)/t16-,19-/m1/s1. The van der Waals surface area contributed by atoms with E-state index in [-0.39, 0.29) is 11.9 Å². The normalized spacial score (nSPS) is 13.7. The molecule has 0 spiro atoms. The minimum Gasteiger partial charge on any atom is -0.347 e. The Labute approximate surface area is 156 Å². The molecule has 0 saturated carbocycles. The monoisotopic (exact) mass is 374 g/mol. The van der Waals surface area contributed by atoms with Crippen molar-refractivity contribution < 1.29 is 13.2 Å². The Hall–Kier alpha value is -2.34. The predicted molar refractivity (Wildman–Crippen MR) is 106 cm³/mol. The van der Waals surface area contributed by atoms with Gasteiger partial charge in [-0.25, -0.2) is 8.42 Å². The van der Waals surface area contributed by atoms with Crippen molar-refractivity contribution >= 4 is 21.6 Å². The Kier molecular flexibility index (Phi) is 6.42. The smallest absolute Gasteiger partial charge is 0.244 e. The molecule has 5 nitrogen and oxygen atoms in total. The molecule has 0 aliphatic carbocycles. The maximum atomic E-state index is 12.8. The van der Waals surface area contributed by atoms with Gasteiger partial charge in [0.1, 0.15) is 6.04 Å². The van der Waals surface area contributed by atoms with Crippen molar-refractivity contribution in [2.75, 3.05) is 10.6 Å². The summed E-state index contributed by atoms with van der Waals surface area (Å²) in [6.45, 7) is 5.52. The van der Waals surface area contributed by atoms with Crippen LogP contribution in [0.5, 0.6) is 0 Å². The van der Waals surface area contributed by atoms with Crippen molar-refractivity contribution in [3.63, 3.8) is 0 Å². The molecular weight excluding hydrogens is 348 g/mol. The number of carbonyl (C=O) groups is 1. The number of anilines is 1. The molecule has 0 fully saturated rings. The molecule has 0 bridgehead atoms. The summed E-state index contributed by atoms with van der Waals surface area (Å²) in [5.74, 6) is -0.327. The Morgan fingerprint density at radius 2 is 1.65 bits per heavy atom. The van der Waals surface area contributed by atoms with Crippen molar-refractivity contribution in [2.45, 2.75) is 39.3 Å². The van der Waals surface area contributed by atoms with Gasteiger partial charge in [0.05, 0.1) is 18.0 Å². The van der Waals surface area contributed by atoms with Gasteiger partial charge in [0.15, 0.2) is 0 Å². The minimum absolute atomic E-state index is 0.162. The third-order valence-electron chi connectivity index (χ3n) is 4.30. The Balaban J connectivity index is 2.26. The summed E-state index contributed by atoms with van der Waals surface area (Å²) in [6, 6.07) is 15.7. The minimum atomic E-state index is -3.61. The molecule has 26 heavy (non-hydrogen) atoms. The van der Waals surface area contributed by atoms with Gasteiger partial charge in [0, 0.05) is 0 Å². The van der Waals surface area contributed by atoms with E-state index in [9.17, 15) is 13.2 Å². The average molecular weight is 375 g/mol. The summed E-state index contributed by atoms with van der Waals surface area (Å²) in [5, 5.41) is 2.97. The molecule has 0 unspecified atom stereocenters. The summed E-state index contributed by atoms with van der Waals surface area (Å²) in [5.41, 5.74) is 2.50. The van der Waals surface area contributed by atoms with E-state index in [1.165, 1.54) is 4.31 Å². The number of aryl methyl sites for hydroxylation is 1. The maximum absolute atomic E-state index is 12.8. The van der Waals surface area contributed by atoms with Gasteiger partial charge >= 0.3 is 0 Å². The zero-order chi connectivity index (χ0) is 19.3. The zero-order valence-corrected chi connectivity index (χ0v) is 16.5. The first-order chi connectivity index (χ1) is 12.2. The highest BCUT2D eigenvalue weighted by Gasteiger charge is 2.30. The lowest BCUT2D eigenvalue weighted by atomic mass is 10.0. The van der Waals surface area contributed by atoms with Gasteiger partial charge in [-0.15, -0.1) is 0 Å². The van der Waals surface area contributed by atoms with E-state index in [0.29, 0.717) is 12.1 Å². The van der Waals surface area contributed by atoms with Gasteiger partial charge < -0.3 is 5.32 Å². The molecule has 2 rings (SSSR count). The number of hydrogen-bond acceptors (Lipinski definition) is 3. The SMILES string of the molecule is CC[C@@H](NC(=O)[C@@H](C)N(c1ccc(C)cc1)S(C)(=O)=O)c1ccccc1. The molecular formula is C20H26N2O3S. The van der Waals surface area contributed by atoms with E-state index in [1.54, 1.807) is 19.1 Å². The fraction of sp³-hybridized carbons (Fsp3) is 0.350. The zero-order valence-electron chi connectivity index (χ0n) is 15.6. The van der Waals surface area contributed by atoms with Gasteiger partial charge in [0.2, 0.25) is 15.9 Å². The van der Waals surface area contributed by atoms with E-state index in [4.69, 9.17) is 0 Å². The Morgan fingerprint density at radius 1 is 1.08 bits per heavy atom. The average Bonchev–Trinajstić information content (AvgIpc) is 2.60. The highest BCUT2D eigenvalue weighted by Crippen LogP contribution is 2.22. The molecule has 0 radical (unpaired) electrons. The number of nitrogens with zero attached hydrogens (tertiary/aromatic N) is 1. The quantitative estimate of drug-likeness (QED) is 0.807. The second-order valence-electron chi connectivity index (χ2n) is 6.45. The predicted octanol–water partition coefficient (Wildman–Crippen LogP) is 3.42. The fourth-order valence-electron chi connectivity index (χ4n) is 2.90. The van der Waals surface area contributed by atoms with Crippen LogP contribution < -0.4 is 9.62 Å². The first kappa shape index (κ1) is 20.0. The summed E-state index contributed by atoms with van der Waals surface area (Å²) in [4.78, 5) is 12.8. The summed E-state index contributed by atoms with van der Waals surface area (Å²) in [6.07, 6.45) is 1.83. The Morgan fingerprint density at radius 3 is 2.15 bits per heavy atom. The first-order valence-electron chi connectivity index (χ1n) is 8.65. The van der Waals surface area contributed by atoms with Crippen LogP contribution in [-0.4, -0.2) is 26.6 Å². The van der Waals surface area contributed by atoms with Gasteiger partial charge in [-0.1, -0.05) is 55.0 Å². The lowest BCUT2D eigenvalue weighted by molar-refractivity contribution is -0.122. The van der Waals surface area contributed by atoms with Crippen LogP contribution in [0.2, 0.25) is 0 Å². The first-order valence-corrected chi connectivity index (χ1v) is 10.5. The van der Waals surface area contributed by atoms with Crippen molar-refractivity contribution in [3.8, 4) is 0 Å². The molecule has 2 aromatic carbocycles. The molecule has 1 amide bonds. The van der Waals surface area contributed by atoms with Crippen LogP contribution >= 0.6 is 0 Å². The van der Waals surface area contributed by atoms with Crippen LogP contribution in [0, 0.1) is 6.92 Å². The van der Waals surface area contributed by atoms with Crippen LogP contribution in [0.1, 0.15) is 37.4 Å². The van der Waals surface area contributed by atoms with E-state index >= 15 is 0 Å². The van der Waals surface area contributed by atoms with Crippen LogP contribution in [0.3, 0.4) is 0 Å². The number of benzene rings is 2. The van der Waals surface area contributed by atoms with Gasteiger partial charge in [-0.05, 0) is 38.0 Å². The molecule has 0 heterocycles. The molecule has 2 atom stereocenters. The lowest BCUT2D eigenvalue weighted by Crippen LogP contribution is -2.48. The summed E-state index contributed by atoms with van der Waals surface area (Å²) < 4.78 is 25.8. The van der Waals surface area contributed by atoms with E-state index in [0.717, 1.165) is 17.4 Å². The van der Waals surface area contributed by atoms with Crippen LogP contribution in [-0.2, 0) is 14.8 Å². The van der Waals surface area contributed by atoms with Crippen LogP contribution in [0.4, 0.5) is 5.69 Å². The Bertz CT molecular complexity index is 833. The maximum Gasteiger partial charge on any atom is 0.244 e. The number of hydrogen-bond donors (Lipinski definition) is 1. The van der Waals surface area contributed by atoms with Crippen LogP contribution in [0.15, 0.2) is 54.6 Å². The van der Waals surface area contributed by atoms with Gasteiger partial charge in [-0.2, -0.15) is 0 Å². The molecule has 0 aliphatic heterocycles. The number of rotatable bonds is 7. The van der Waals surface area contributed by atoms with E-state index < -0.39 is 16.1 Å².